The number of nitrogens with two attached hydrogens (primary N) is 2. The van der Waals surface area contributed by atoms with Crippen LogP contribution in [0.25, 0.3) is 10.9 Å². The molecule has 0 amide bonds. The Kier molecular flexibility index (Phi) is 4.59. The maximum Gasteiger partial charge on any atom is 0.289 e. The Balaban J connectivity index is 0.00000176. The van der Waals surface area contributed by atoms with E-state index in [2.05, 4.69) is 20.3 Å². The number of hydrogen-bond donors (Lipinski definition) is 3. The summed E-state index contributed by atoms with van der Waals surface area (Å²) in [6.45, 7) is 1.87. The van der Waals surface area contributed by atoms with Gasteiger partial charge in [-0.15, -0.1) is 0 Å². The van der Waals surface area contributed by atoms with Gasteiger partial charge in [0.2, 0.25) is 11.8 Å². The molecule has 1 aromatic carbocycles. The van der Waals surface area contributed by atoms with Crippen LogP contribution in [0.1, 0.15) is 5.69 Å². The second-order valence-electron chi connectivity index (χ2n) is 4.85. The first-order valence-electron chi connectivity index (χ1n) is 6.45. The molecule has 2 aromatic heterocycles. The fourth-order valence-electron chi connectivity index (χ4n) is 2.21. The predicted molar refractivity (Wildman–Crippen MR) is 81.8 cm³/mol. The number of nitrogen functional groups attached to an aromatic ring is 2. The van der Waals surface area contributed by atoms with Gasteiger partial charge in [0.25, 0.3) is 6.33 Å². The summed E-state index contributed by atoms with van der Waals surface area (Å²) in [7, 11) is 1.93. The molecule has 0 fully saturated rings. The number of rotatable bonds is 2. The molecule has 0 unspecified atom stereocenters. The fourth-order valence-corrected chi connectivity index (χ4v) is 2.21. The molecule has 0 spiro atoms. The molecular formula is C14H16IN7. The number of aromatic nitrogens is 4. The van der Waals surface area contributed by atoms with Gasteiger partial charge in [-0.1, -0.05) is 0 Å². The fraction of sp³-hybridized carbons (Fsp3) is 0.143. The normalized spacial score (nSPS) is 10.3. The van der Waals surface area contributed by atoms with Crippen molar-refractivity contribution in [3.63, 3.8) is 0 Å². The number of nitrogens with zero attached hydrogens (tertiary/aromatic N) is 4. The van der Waals surface area contributed by atoms with Crippen molar-refractivity contribution in [3.05, 3.63) is 36.3 Å². The molecule has 0 radical (unpaired) electrons. The van der Waals surface area contributed by atoms with Crippen LogP contribution in [0.3, 0.4) is 0 Å². The molecule has 0 aliphatic carbocycles. The van der Waals surface area contributed by atoms with Gasteiger partial charge in [-0.3, -0.25) is 0 Å². The van der Waals surface area contributed by atoms with Crippen molar-refractivity contribution in [3.8, 4) is 0 Å². The first kappa shape index (κ1) is 16.1. The third kappa shape index (κ3) is 3.16. The summed E-state index contributed by atoms with van der Waals surface area (Å²) in [6, 6.07) is 7.70. The Hall–Kier alpha value is -2.23. The highest BCUT2D eigenvalue weighted by Crippen LogP contribution is 2.22. The van der Waals surface area contributed by atoms with Crippen molar-refractivity contribution < 1.29 is 28.5 Å². The summed E-state index contributed by atoms with van der Waals surface area (Å²) < 4.78 is 1.92. The number of halogens is 1. The minimum Gasteiger partial charge on any atom is -1.00 e. The van der Waals surface area contributed by atoms with Gasteiger partial charge in [-0.05, 0) is 30.1 Å². The molecule has 3 rings (SSSR count). The average Bonchev–Trinajstić information content (AvgIpc) is 2.42. The summed E-state index contributed by atoms with van der Waals surface area (Å²) in [6.07, 6.45) is 1.69. The Morgan fingerprint density at radius 3 is 2.64 bits per heavy atom. The molecule has 0 aliphatic heterocycles. The second kappa shape index (κ2) is 6.26. The van der Waals surface area contributed by atoms with Crippen molar-refractivity contribution >= 4 is 34.2 Å². The van der Waals surface area contributed by atoms with Crippen molar-refractivity contribution in [2.24, 2.45) is 7.05 Å². The summed E-state index contributed by atoms with van der Waals surface area (Å²) in [5, 5.41) is 4.08. The third-order valence-electron chi connectivity index (χ3n) is 3.17. The van der Waals surface area contributed by atoms with E-state index in [1.54, 1.807) is 6.33 Å². The van der Waals surface area contributed by atoms with Crippen LogP contribution in [-0.4, -0.2) is 15.0 Å². The molecule has 5 N–H and O–H groups in total. The Morgan fingerprint density at radius 2 is 1.91 bits per heavy atom. The highest BCUT2D eigenvalue weighted by molar-refractivity contribution is 5.89. The van der Waals surface area contributed by atoms with E-state index in [1.807, 2.05) is 42.8 Å². The van der Waals surface area contributed by atoms with E-state index in [-0.39, 0.29) is 29.9 Å². The van der Waals surface area contributed by atoms with Gasteiger partial charge < -0.3 is 40.8 Å². The highest BCUT2D eigenvalue weighted by Gasteiger charge is 2.10. The first-order valence-corrected chi connectivity index (χ1v) is 6.45. The topological polar surface area (TPSA) is 107 Å². The summed E-state index contributed by atoms with van der Waals surface area (Å²) in [5.41, 5.74) is 14.3. The van der Waals surface area contributed by atoms with Gasteiger partial charge >= 0.3 is 0 Å². The van der Waals surface area contributed by atoms with Crippen LogP contribution >= 0.6 is 0 Å². The van der Waals surface area contributed by atoms with E-state index in [0.29, 0.717) is 11.6 Å². The second-order valence-corrected chi connectivity index (χ2v) is 4.85. The molecule has 0 bridgehead atoms. The lowest BCUT2D eigenvalue weighted by Crippen LogP contribution is -3.00. The molecule has 22 heavy (non-hydrogen) atoms. The molecule has 8 heteroatoms. The van der Waals surface area contributed by atoms with Gasteiger partial charge in [-0.2, -0.15) is 4.98 Å². The Morgan fingerprint density at radius 1 is 1.14 bits per heavy atom. The lowest BCUT2D eigenvalue weighted by atomic mass is 10.2. The first-order chi connectivity index (χ1) is 10.0. The predicted octanol–water partition coefficient (Wildman–Crippen LogP) is -1.93. The van der Waals surface area contributed by atoms with Crippen molar-refractivity contribution in [1.82, 2.24) is 15.0 Å². The van der Waals surface area contributed by atoms with Crippen LogP contribution < -0.4 is 45.3 Å². The molecular weight excluding hydrogens is 393 g/mol. The van der Waals surface area contributed by atoms with Crippen LogP contribution in [0.5, 0.6) is 0 Å². The van der Waals surface area contributed by atoms with Gasteiger partial charge in [0.15, 0.2) is 0 Å². The highest BCUT2D eigenvalue weighted by atomic mass is 127. The van der Waals surface area contributed by atoms with E-state index in [1.165, 1.54) is 0 Å². The molecule has 0 saturated heterocycles. The zero-order chi connectivity index (χ0) is 15.0. The summed E-state index contributed by atoms with van der Waals surface area (Å²) in [5.74, 6) is 1.38. The minimum absolute atomic E-state index is 0. The van der Waals surface area contributed by atoms with Crippen molar-refractivity contribution in [2.75, 3.05) is 16.8 Å². The van der Waals surface area contributed by atoms with Gasteiger partial charge in [0.05, 0.1) is 12.4 Å². The lowest BCUT2D eigenvalue weighted by Gasteiger charge is -2.08. The van der Waals surface area contributed by atoms with Gasteiger partial charge in [0, 0.05) is 17.4 Å². The van der Waals surface area contributed by atoms with Crippen LogP contribution in [0, 0.1) is 6.92 Å². The molecule has 0 atom stereocenters. The molecule has 114 valence electrons. The molecule has 7 nitrogen and oxygen atoms in total. The lowest BCUT2D eigenvalue weighted by molar-refractivity contribution is -0.647. The monoisotopic (exact) mass is 409 g/mol. The number of anilines is 4. The average molecular weight is 409 g/mol. The quantitative estimate of drug-likeness (QED) is 0.336. The van der Waals surface area contributed by atoms with E-state index in [9.17, 15) is 0 Å². The molecule has 0 aliphatic rings. The summed E-state index contributed by atoms with van der Waals surface area (Å²) in [4.78, 5) is 12.3. The van der Waals surface area contributed by atoms with Crippen molar-refractivity contribution in [2.45, 2.75) is 6.92 Å². The van der Waals surface area contributed by atoms with Crippen LogP contribution in [0.2, 0.25) is 0 Å². The zero-order valence-corrected chi connectivity index (χ0v) is 14.4. The maximum atomic E-state index is 5.94. The zero-order valence-electron chi connectivity index (χ0n) is 12.2. The number of fused-ring (bicyclic) bond motifs is 1. The van der Waals surface area contributed by atoms with Crippen LogP contribution in [-0.2, 0) is 7.05 Å². The smallest absolute Gasteiger partial charge is 0.289 e. The van der Waals surface area contributed by atoms with Gasteiger partial charge in [-0.25, -0.2) is 9.55 Å². The van der Waals surface area contributed by atoms with E-state index in [4.69, 9.17) is 11.5 Å². The van der Waals surface area contributed by atoms with Crippen molar-refractivity contribution in [1.29, 1.82) is 0 Å². The minimum atomic E-state index is 0. The van der Waals surface area contributed by atoms with Crippen LogP contribution in [0.15, 0.2) is 30.6 Å². The number of hydrogen-bond acceptors (Lipinski definition) is 6. The standard InChI is InChI=1S/C14H15N7.HI/c1-8-5-12(20-14(16)18-8)19-9-3-4-11-10(6-9)13(15)17-7-21(11)2;/h3-7,15H,1-2H3,(H3,16,18,19,20);1H. The Bertz CT molecular complexity index is 815. The third-order valence-corrected chi connectivity index (χ3v) is 3.17. The van der Waals surface area contributed by atoms with E-state index < -0.39 is 0 Å². The number of nitrogens with one attached hydrogen (secondary N) is 1. The molecule has 0 saturated carbocycles. The summed E-state index contributed by atoms with van der Waals surface area (Å²) >= 11 is 0. The SMILES string of the molecule is Cc1cc(Nc2ccc3c(c2)c(N)nc[n+]3C)nc(N)n1.[I-]. The number of benzene rings is 1. The van der Waals surface area contributed by atoms with E-state index >= 15 is 0 Å². The largest absolute Gasteiger partial charge is 1.00 e. The van der Waals surface area contributed by atoms with Gasteiger partial charge in [0.1, 0.15) is 11.3 Å². The van der Waals surface area contributed by atoms with E-state index in [0.717, 1.165) is 22.3 Å². The maximum absolute atomic E-state index is 5.94. The molecule has 2 heterocycles. The van der Waals surface area contributed by atoms with Crippen LogP contribution in [0.4, 0.5) is 23.3 Å². The Labute approximate surface area is 144 Å². The molecule has 3 aromatic rings. The number of aryl methyl sites for hydroxylation is 2.